The summed E-state index contributed by atoms with van der Waals surface area (Å²) in [6, 6.07) is 30.1. The van der Waals surface area contributed by atoms with Crippen molar-refractivity contribution >= 4 is 11.6 Å². The summed E-state index contributed by atoms with van der Waals surface area (Å²) in [6.07, 6.45) is 14.8. The van der Waals surface area contributed by atoms with Crippen LogP contribution in [-0.4, -0.2) is 65.5 Å². The summed E-state index contributed by atoms with van der Waals surface area (Å²) in [7, 11) is 1.56. The van der Waals surface area contributed by atoms with Gasteiger partial charge in [-0.3, -0.25) is 4.79 Å². The molecule has 4 aliphatic rings. The van der Waals surface area contributed by atoms with Gasteiger partial charge in [-0.25, -0.2) is 4.39 Å². The zero-order valence-electron chi connectivity index (χ0n) is 37.8. The highest BCUT2D eigenvalue weighted by molar-refractivity contribution is 6.03. The number of nitrogens with zero attached hydrogens (tertiary/aromatic N) is 2. The molecule has 0 aromatic heterocycles. The number of rotatable bonds is 21. The quantitative estimate of drug-likeness (QED) is 0.0487. The molecule has 1 heterocycles. The second kappa shape index (κ2) is 21.8. The average molecular weight is 885 g/mol. The van der Waals surface area contributed by atoms with Crippen molar-refractivity contribution in [2.45, 2.75) is 108 Å². The van der Waals surface area contributed by atoms with Gasteiger partial charge in [-0.05, 0) is 115 Å². The largest absolute Gasteiger partial charge is 0.459 e. The Morgan fingerprint density at radius 1 is 0.892 bits per heavy atom. The highest BCUT2D eigenvalue weighted by Gasteiger charge is 2.65. The number of allylic oxidation sites excluding steroid dienone is 1. The predicted octanol–water partition coefficient (Wildman–Crippen LogP) is 11.5. The summed E-state index contributed by atoms with van der Waals surface area (Å²) in [5, 5.41) is 24.7. The lowest BCUT2D eigenvalue weighted by Gasteiger charge is -2.60. The van der Waals surface area contributed by atoms with Gasteiger partial charge >= 0.3 is 0 Å². The highest BCUT2D eigenvalue weighted by atomic mass is 19.1. The molecule has 4 aromatic carbocycles. The fourth-order valence-electron chi connectivity index (χ4n) is 11.2. The molecule has 2 N–H and O–H groups in total. The van der Waals surface area contributed by atoms with Crippen LogP contribution in [0.15, 0.2) is 127 Å². The standard InChI is InChI=1S/C55H65FN2O7/c1-3-33-63-55-51(58(37-39-19-24-43(56)25-20-39)52(61)30-21-38-13-7-8-14-38)36-49(57-62-2)47-34-42(17-9-11-31-59)46(18-10-12-32-60)53(54(47)55)48-35-45(28-29-50(48)65-55)64-44-26-22-41(23-27-44)40-15-5-4-6-16-40/h3-6,15-16,19-20,22-29,34-35,38,42,46,51,53-54,59-60H,1,7-14,17-18,21,30-33,36-37H2,2H3. The summed E-state index contributed by atoms with van der Waals surface area (Å²) >= 11 is 0. The van der Waals surface area contributed by atoms with Crippen molar-refractivity contribution in [2.24, 2.45) is 28.8 Å². The van der Waals surface area contributed by atoms with Crippen molar-refractivity contribution < 1.29 is 38.4 Å². The molecule has 6 atom stereocenters. The molecule has 344 valence electrons. The molecular formula is C55H65FN2O7. The number of carbonyl (C=O) groups is 1. The molecule has 0 radical (unpaired) electrons. The number of hydrogen-bond donors (Lipinski definition) is 2. The number of halogens is 1. The van der Waals surface area contributed by atoms with Crippen LogP contribution in [0.2, 0.25) is 0 Å². The number of unbranched alkanes of at least 4 members (excludes halogenated alkanes) is 2. The molecule has 10 heteroatoms. The van der Waals surface area contributed by atoms with Crippen molar-refractivity contribution in [2.75, 3.05) is 26.9 Å². The minimum Gasteiger partial charge on any atom is -0.459 e. The molecule has 4 aromatic rings. The third-order valence-electron chi connectivity index (χ3n) is 14.2. The summed E-state index contributed by atoms with van der Waals surface area (Å²) in [6.45, 7) is 4.67. The molecule has 9 nitrogen and oxygen atoms in total. The van der Waals surface area contributed by atoms with Crippen LogP contribution in [0.25, 0.3) is 11.1 Å². The first-order chi connectivity index (χ1) is 31.8. The van der Waals surface area contributed by atoms with Crippen molar-refractivity contribution in [1.29, 1.82) is 0 Å². The number of benzene rings is 4. The molecule has 1 amide bonds. The maximum atomic E-state index is 15.0. The molecule has 8 rings (SSSR count). The van der Waals surface area contributed by atoms with Gasteiger partial charge in [-0.2, -0.15) is 0 Å². The van der Waals surface area contributed by atoms with Crippen LogP contribution in [0.1, 0.15) is 101 Å². The van der Waals surface area contributed by atoms with E-state index in [2.05, 4.69) is 43.0 Å². The van der Waals surface area contributed by atoms with Gasteiger partial charge in [0.1, 0.15) is 36.2 Å². The van der Waals surface area contributed by atoms with Crippen LogP contribution in [0.5, 0.6) is 17.2 Å². The minimum absolute atomic E-state index is 0.0119. The lowest BCUT2D eigenvalue weighted by molar-refractivity contribution is -0.258. The number of hydrogen-bond acceptors (Lipinski definition) is 8. The zero-order chi connectivity index (χ0) is 45.2. The van der Waals surface area contributed by atoms with Crippen LogP contribution in [-0.2, 0) is 20.9 Å². The Morgan fingerprint density at radius 2 is 1.60 bits per heavy atom. The number of aliphatic hydroxyl groups is 2. The van der Waals surface area contributed by atoms with E-state index in [0.717, 1.165) is 78.5 Å². The van der Waals surface area contributed by atoms with Gasteiger partial charge in [0.05, 0.1) is 18.2 Å². The number of carbonyl (C=O) groups excluding carboxylic acids is 1. The second-order valence-corrected chi connectivity index (χ2v) is 18.3. The third-order valence-corrected chi connectivity index (χ3v) is 14.2. The van der Waals surface area contributed by atoms with Crippen molar-refractivity contribution in [3.63, 3.8) is 0 Å². The number of oxime groups is 1. The van der Waals surface area contributed by atoms with E-state index < -0.39 is 17.7 Å². The molecule has 2 fully saturated rings. The monoisotopic (exact) mass is 884 g/mol. The van der Waals surface area contributed by atoms with Crippen LogP contribution < -0.4 is 9.47 Å². The normalized spacial score (nSPS) is 24.1. The van der Waals surface area contributed by atoms with Gasteiger partial charge in [0, 0.05) is 44.1 Å². The molecule has 0 spiro atoms. The maximum absolute atomic E-state index is 15.0. The van der Waals surface area contributed by atoms with Gasteiger partial charge in [0.25, 0.3) is 0 Å². The van der Waals surface area contributed by atoms with E-state index in [1.807, 2.05) is 47.4 Å². The fourth-order valence-corrected chi connectivity index (χ4v) is 11.2. The van der Waals surface area contributed by atoms with Crippen LogP contribution >= 0.6 is 0 Å². The number of amides is 1. The van der Waals surface area contributed by atoms with E-state index in [0.29, 0.717) is 48.8 Å². The molecule has 3 aliphatic carbocycles. The number of fused-ring (bicyclic) bond motifs is 2. The maximum Gasteiger partial charge on any atom is 0.239 e. The molecular weight excluding hydrogens is 820 g/mol. The zero-order valence-corrected chi connectivity index (χ0v) is 37.8. The Bertz CT molecular complexity index is 2260. The SMILES string of the molecule is C=CCOC12Oc3ccc(Oc4ccc(-c5ccccc5)cc4)cc3C3C(CCCCO)C(CCCCO)C=C(C(=NOC)CC1N(Cc1ccc(F)cc1)C(=O)CCC1CCCC1)C32. The van der Waals surface area contributed by atoms with E-state index in [4.69, 9.17) is 24.2 Å². The van der Waals surface area contributed by atoms with Gasteiger partial charge in [0.15, 0.2) is 0 Å². The summed E-state index contributed by atoms with van der Waals surface area (Å²) < 4.78 is 35.6. The summed E-state index contributed by atoms with van der Waals surface area (Å²) in [5.74, 6) is 0.294. The van der Waals surface area contributed by atoms with Gasteiger partial charge in [-0.15, -0.1) is 6.58 Å². The Morgan fingerprint density at radius 3 is 2.31 bits per heavy atom. The van der Waals surface area contributed by atoms with Gasteiger partial charge in [0.2, 0.25) is 11.7 Å². The molecule has 2 saturated carbocycles. The molecule has 0 saturated heterocycles. The second-order valence-electron chi connectivity index (χ2n) is 18.3. The Kier molecular flexibility index (Phi) is 15.5. The summed E-state index contributed by atoms with van der Waals surface area (Å²) in [4.78, 5) is 22.6. The lowest BCUT2D eigenvalue weighted by atomic mass is 9.55. The van der Waals surface area contributed by atoms with Crippen LogP contribution in [0, 0.1) is 29.5 Å². The molecule has 65 heavy (non-hydrogen) atoms. The van der Waals surface area contributed by atoms with E-state index in [-0.39, 0.29) is 55.8 Å². The van der Waals surface area contributed by atoms with Gasteiger partial charge in [-0.1, -0.05) is 110 Å². The Labute approximate surface area is 383 Å². The first-order valence-corrected chi connectivity index (χ1v) is 23.8. The minimum atomic E-state index is -1.39. The first kappa shape index (κ1) is 46.2. The smallest absolute Gasteiger partial charge is 0.239 e. The topological polar surface area (TPSA) is 110 Å². The Hall–Kier alpha value is -5.29. The average Bonchev–Trinajstić information content (AvgIpc) is 3.86. The predicted molar refractivity (Wildman–Crippen MR) is 252 cm³/mol. The van der Waals surface area contributed by atoms with Crippen molar-refractivity contribution in [3.05, 3.63) is 138 Å². The summed E-state index contributed by atoms with van der Waals surface area (Å²) in [5.41, 5.74) is 5.70. The Balaban J connectivity index is 1.27. The van der Waals surface area contributed by atoms with Gasteiger partial charge < -0.3 is 34.2 Å². The third kappa shape index (κ3) is 10.4. The molecule has 0 bridgehead atoms. The fraction of sp³-hybridized carbons (Fsp3) is 0.455. The molecule has 6 unspecified atom stereocenters. The van der Waals surface area contributed by atoms with E-state index in [1.165, 1.54) is 25.0 Å². The highest BCUT2D eigenvalue weighted by Crippen LogP contribution is 2.62. The van der Waals surface area contributed by atoms with Crippen molar-refractivity contribution in [3.8, 4) is 28.4 Å². The van der Waals surface area contributed by atoms with E-state index in [9.17, 15) is 14.6 Å². The van der Waals surface area contributed by atoms with E-state index >= 15 is 4.79 Å². The lowest BCUT2D eigenvalue weighted by Crippen LogP contribution is -2.70. The van der Waals surface area contributed by atoms with Crippen LogP contribution in [0.4, 0.5) is 4.39 Å². The first-order valence-electron chi connectivity index (χ1n) is 23.8. The number of ether oxygens (including phenoxy) is 3. The molecule has 1 aliphatic heterocycles. The number of aliphatic hydroxyl groups excluding tert-OH is 2. The van der Waals surface area contributed by atoms with Crippen molar-refractivity contribution in [1.82, 2.24) is 4.90 Å². The van der Waals surface area contributed by atoms with Crippen LogP contribution in [0.3, 0.4) is 0 Å². The van der Waals surface area contributed by atoms with E-state index in [1.54, 1.807) is 25.3 Å².